The number of guanidine groups is 1. The zero-order valence-corrected chi connectivity index (χ0v) is 17.1. The van der Waals surface area contributed by atoms with E-state index in [1.165, 1.54) is 0 Å². The Morgan fingerprint density at radius 1 is 1.30 bits per heavy atom. The molecule has 1 fully saturated rings. The number of benzene rings is 1. The number of H-pyrrole nitrogens is 1. The minimum atomic E-state index is 0. The van der Waals surface area contributed by atoms with E-state index in [0.29, 0.717) is 24.2 Å². The van der Waals surface area contributed by atoms with E-state index in [2.05, 4.69) is 41.0 Å². The van der Waals surface area contributed by atoms with Gasteiger partial charge in [0.25, 0.3) is 0 Å². The van der Waals surface area contributed by atoms with Gasteiger partial charge in [0.05, 0.1) is 0 Å². The molecule has 124 valence electrons. The third-order valence-electron chi connectivity index (χ3n) is 3.36. The molecule has 6 nitrogen and oxygen atoms in total. The van der Waals surface area contributed by atoms with Crippen LogP contribution in [0.15, 0.2) is 33.7 Å². The van der Waals surface area contributed by atoms with Gasteiger partial charge in [-0.15, -0.1) is 24.0 Å². The highest BCUT2D eigenvalue weighted by Gasteiger charge is 2.12. The summed E-state index contributed by atoms with van der Waals surface area (Å²) in [6.45, 7) is 2.33. The molecule has 0 atom stereocenters. The van der Waals surface area contributed by atoms with Gasteiger partial charge >= 0.3 is 0 Å². The Morgan fingerprint density at radius 3 is 2.70 bits per heavy atom. The average Bonchev–Trinajstić information content (AvgIpc) is 3.03. The highest BCUT2D eigenvalue weighted by atomic mass is 127. The van der Waals surface area contributed by atoms with Crippen LogP contribution in [0, 0.1) is 0 Å². The minimum absolute atomic E-state index is 0. The number of aliphatic imine (C=N–C) groups is 1. The Hall–Kier alpha value is -0.810. The monoisotopic (exact) mass is 508 g/mol. The van der Waals surface area contributed by atoms with Crippen molar-refractivity contribution in [1.29, 1.82) is 0 Å². The summed E-state index contributed by atoms with van der Waals surface area (Å²) >= 11 is 5.36. The van der Waals surface area contributed by atoms with E-state index in [1.54, 1.807) is 0 Å². The summed E-state index contributed by atoms with van der Waals surface area (Å²) in [5.74, 6) is 4.18. The fraction of sp³-hybridized carbons (Fsp3) is 0.357. The molecule has 1 aromatic heterocycles. The van der Waals surface area contributed by atoms with Gasteiger partial charge in [-0.3, -0.25) is 5.10 Å². The molecule has 23 heavy (non-hydrogen) atoms. The Bertz CT molecular complexity index is 654. The molecule has 0 bridgehead atoms. The number of thioether (sulfide) groups is 1. The summed E-state index contributed by atoms with van der Waals surface area (Å²) < 4.78 is 1.03. The number of halogens is 2. The predicted octanol–water partition coefficient (Wildman–Crippen LogP) is 2.72. The molecule has 0 amide bonds. The minimum Gasteiger partial charge on any atom is -0.370 e. The molecular weight excluding hydrogens is 491 g/mol. The molecule has 1 aromatic carbocycles. The second-order valence-corrected chi connectivity index (χ2v) is 7.03. The van der Waals surface area contributed by atoms with Crippen LogP contribution in [0.4, 0.5) is 0 Å². The molecule has 1 saturated heterocycles. The third-order valence-corrected chi connectivity index (χ3v) is 4.83. The lowest BCUT2D eigenvalue weighted by Gasteiger charge is -2.27. The summed E-state index contributed by atoms with van der Waals surface area (Å²) in [5, 5.41) is 7.15. The maximum atomic E-state index is 6.03. The van der Waals surface area contributed by atoms with E-state index in [4.69, 9.17) is 5.73 Å². The first kappa shape index (κ1) is 18.5. The SMILES string of the molecule is I.NC(=NCc1nc(-c2ccc(Br)cc2)n[nH]1)N1CCSCC1. The normalized spacial score (nSPS) is 15.3. The number of hydrogen-bond acceptors (Lipinski definition) is 4. The first-order valence-electron chi connectivity index (χ1n) is 7.02. The van der Waals surface area contributed by atoms with Crippen LogP contribution in [0.2, 0.25) is 0 Å². The Morgan fingerprint density at radius 2 is 2.00 bits per heavy atom. The first-order valence-corrected chi connectivity index (χ1v) is 8.97. The van der Waals surface area contributed by atoms with Gasteiger partial charge in [0.15, 0.2) is 11.8 Å². The molecule has 0 radical (unpaired) electrons. The lowest BCUT2D eigenvalue weighted by atomic mass is 10.2. The number of nitrogens with zero attached hydrogens (tertiary/aromatic N) is 4. The number of nitrogens with one attached hydrogen (secondary N) is 1. The van der Waals surface area contributed by atoms with Gasteiger partial charge in [-0.05, 0) is 12.1 Å². The third kappa shape index (κ3) is 5.08. The number of aromatic nitrogens is 3. The Balaban J connectivity index is 0.00000192. The molecule has 0 unspecified atom stereocenters. The number of aromatic amines is 1. The van der Waals surface area contributed by atoms with Crippen molar-refractivity contribution in [2.75, 3.05) is 24.6 Å². The summed E-state index contributed by atoms with van der Waals surface area (Å²) in [6, 6.07) is 7.88. The molecule has 9 heteroatoms. The van der Waals surface area contributed by atoms with E-state index in [1.807, 2.05) is 36.0 Å². The number of hydrogen-bond donors (Lipinski definition) is 2. The fourth-order valence-corrected chi connectivity index (χ4v) is 3.31. The van der Waals surface area contributed by atoms with Crippen molar-refractivity contribution in [2.24, 2.45) is 10.7 Å². The Kier molecular flexibility index (Phi) is 7.15. The maximum absolute atomic E-state index is 6.03. The lowest BCUT2D eigenvalue weighted by molar-refractivity contribution is 0.455. The summed E-state index contributed by atoms with van der Waals surface area (Å²) in [6.07, 6.45) is 0. The fourth-order valence-electron chi connectivity index (χ4n) is 2.14. The lowest BCUT2D eigenvalue weighted by Crippen LogP contribution is -2.42. The number of nitrogens with two attached hydrogens (primary N) is 1. The van der Waals surface area contributed by atoms with Gasteiger partial charge < -0.3 is 10.6 Å². The van der Waals surface area contributed by atoms with Crippen LogP contribution in [0.3, 0.4) is 0 Å². The summed E-state index contributed by atoms with van der Waals surface area (Å²) in [7, 11) is 0. The van der Waals surface area contributed by atoms with Gasteiger partial charge in [-0.2, -0.15) is 16.9 Å². The van der Waals surface area contributed by atoms with Crippen LogP contribution in [-0.2, 0) is 6.54 Å². The van der Waals surface area contributed by atoms with Crippen molar-refractivity contribution >= 4 is 57.6 Å². The van der Waals surface area contributed by atoms with Crippen molar-refractivity contribution in [3.05, 3.63) is 34.6 Å². The van der Waals surface area contributed by atoms with Gasteiger partial charge in [0.2, 0.25) is 0 Å². The van der Waals surface area contributed by atoms with Crippen LogP contribution in [0.25, 0.3) is 11.4 Å². The maximum Gasteiger partial charge on any atom is 0.191 e. The van der Waals surface area contributed by atoms with Gasteiger partial charge in [-0.1, -0.05) is 28.1 Å². The molecule has 2 heterocycles. The molecule has 0 saturated carbocycles. The van der Waals surface area contributed by atoms with Crippen LogP contribution >= 0.6 is 51.7 Å². The van der Waals surface area contributed by atoms with Crippen molar-refractivity contribution in [2.45, 2.75) is 6.54 Å². The molecule has 3 rings (SSSR count). The molecule has 1 aliphatic rings. The van der Waals surface area contributed by atoms with Crippen LogP contribution in [-0.4, -0.2) is 50.6 Å². The second-order valence-electron chi connectivity index (χ2n) is 4.89. The summed E-state index contributed by atoms with van der Waals surface area (Å²) in [5.41, 5.74) is 7.00. The van der Waals surface area contributed by atoms with E-state index >= 15 is 0 Å². The van der Waals surface area contributed by atoms with Crippen molar-refractivity contribution in [1.82, 2.24) is 20.1 Å². The van der Waals surface area contributed by atoms with Crippen LogP contribution in [0.1, 0.15) is 5.82 Å². The van der Waals surface area contributed by atoms with Crippen LogP contribution < -0.4 is 5.73 Å². The van der Waals surface area contributed by atoms with E-state index in [-0.39, 0.29) is 24.0 Å². The van der Waals surface area contributed by atoms with Gasteiger partial charge in [-0.25, -0.2) is 9.98 Å². The Labute approximate surface area is 164 Å². The quantitative estimate of drug-likeness (QED) is 0.378. The van der Waals surface area contributed by atoms with Crippen molar-refractivity contribution < 1.29 is 0 Å². The molecule has 1 aliphatic heterocycles. The highest BCUT2D eigenvalue weighted by Crippen LogP contribution is 2.18. The van der Waals surface area contributed by atoms with Crippen molar-refractivity contribution in [3.8, 4) is 11.4 Å². The molecule has 2 aromatic rings. The van der Waals surface area contributed by atoms with Gasteiger partial charge in [0, 0.05) is 34.6 Å². The number of rotatable bonds is 3. The second kappa shape index (κ2) is 8.88. The van der Waals surface area contributed by atoms with Crippen LogP contribution in [0.5, 0.6) is 0 Å². The van der Waals surface area contributed by atoms with Crippen molar-refractivity contribution in [3.63, 3.8) is 0 Å². The smallest absolute Gasteiger partial charge is 0.191 e. The average molecular weight is 509 g/mol. The topological polar surface area (TPSA) is 83.2 Å². The molecular formula is C14H18BrIN6S. The molecule has 0 aliphatic carbocycles. The van der Waals surface area contributed by atoms with E-state index < -0.39 is 0 Å². The highest BCUT2D eigenvalue weighted by molar-refractivity contribution is 14.0. The zero-order chi connectivity index (χ0) is 15.4. The molecule has 3 N–H and O–H groups in total. The molecule has 0 spiro atoms. The summed E-state index contributed by atoms with van der Waals surface area (Å²) in [4.78, 5) is 11.0. The van der Waals surface area contributed by atoms with Gasteiger partial charge in [0.1, 0.15) is 12.4 Å². The predicted molar refractivity (Wildman–Crippen MR) is 109 cm³/mol. The van der Waals surface area contributed by atoms with E-state index in [9.17, 15) is 0 Å². The zero-order valence-electron chi connectivity index (χ0n) is 12.4. The first-order chi connectivity index (χ1) is 10.7. The largest absolute Gasteiger partial charge is 0.370 e. The standard InChI is InChI=1S/C14H17BrN6S.HI/c15-11-3-1-10(2-4-11)13-18-12(19-20-13)9-17-14(16)21-5-7-22-8-6-21;/h1-4H,5-9H2,(H2,16,17)(H,18,19,20);1H. The van der Waals surface area contributed by atoms with E-state index in [0.717, 1.165) is 34.6 Å².